The van der Waals surface area contributed by atoms with Gasteiger partial charge in [0, 0.05) is 5.56 Å². The van der Waals surface area contributed by atoms with Crippen LogP contribution in [0.3, 0.4) is 0 Å². The summed E-state index contributed by atoms with van der Waals surface area (Å²) in [5, 5.41) is 3.25. The molecule has 1 aromatic carbocycles. The van der Waals surface area contributed by atoms with Gasteiger partial charge in [-0.1, -0.05) is 11.3 Å². The van der Waals surface area contributed by atoms with Crippen molar-refractivity contribution in [1.29, 1.82) is 0 Å². The number of hydrogen-bond acceptors (Lipinski definition) is 7. The maximum Gasteiger partial charge on any atom is 0.257 e. The van der Waals surface area contributed by atoms with E-state index in [4.69, 9.17) is 18.3 Å². The molecule has 4 rings (SSSR count). The topological polar surface area (TPSA) is 86.7 Å². The van der Waals surface area contributed by atoms with Crippen molar-refractivity contribution in [3.63, 3.8) is 0 Å². The largest absolute Gasteiger partial charge is 0.493 e. The molecule has 1 N–H and O–H groups in total. The highest BCUT2D eigenvalue weighted by molar-refractivity contribution is 7.19. The number of ether oxygens (including phenoxy) is 2. The van der Waals surface area contributed by atoms with Crippen molar-refractivity contribution < 1.29 is 23.1 Å². The minimum Gasteiger partial charge on any atom is -0.493 e. The summed E-state index contributed by atoms with van der Waals surface area (Å²) in [6.45, 7) is 0. The van der Waals surface area contributed by atoms with Crippen LogP contribution in [0.1, 0.15) is 10.4 Å². The number of methoxy groups -OCH3 is 2. The zero-order chi connectivity index (χ0) is 19.5. The summed E-state index contributed by atoms with van der Waals surface area (Å²) in [5.74, 6) is 1.95. The number of hydrogen-bond donors (Lipinski definition) is 1. The number of rotatable bonds is 6. The Morgan fingerprint density at radius 1 is 1.00 bits per heavy atom. The van der Waals surface area contributed by atoms with E-state index < -0.39 is 0 Å². The zero-order valence-corrected chi connectivity index (χ0v) is 15.9. The lowest BCUT2D eigenvalue weighted by atomic mass is 10.2. The Bertz CT molecular complexity index is 1030. The average molecular weight is 396 g/mol. The second-order valence-electron chi connectivity index (χ2n) is 5.68. The highest BCUT2D eigenvalue weighted by atomic mass is 32.1. The molecule has 7 nitrogen and oxygen atoms in total. The van der Waals surface area contributed by atoms with Crippen molar-refractivity contribution in [2.75, 3.05) is 19.5 Å². The van der Waals surface area contributed by atoms with Crippen LogP contribution in [0.15, 0.2) is 63.8 Å². The molecule has 28 heavy (non-hydrogen) atoms. The highest BCUT2D eigenvalue weighted by Crippen LogP contribution is 2.39. The van der Waals surface area contributed by atoms with Crippen LogP contribution in [0.4, 0.5) is 5.13 Å². The third kappa shape index (κ3) is 3.37. The predicted octanol–water partition coefficient (Wildman–Crippen LogP) is 4.93. The fraction of sp³-hybridized carbons (Fsp3) is 0.100. The SMILES string of the molecule is COc1ccc(C(=O)Nc2nc(-c3ccco3)c(-c3ccco3)s2)cc1OC. The van der Waals surface area contributed by atoms with Gasteiger partial charge in [-0.05, 0) is 42.5 Å². The molecule has 0 spiro atoms. The molecular formula is C20H16N2O5S. The quantitative estimate of drug-likeness (QED) is 0.497. The Labute approximate surface area is 164 Å². The summed E-state index contributed by atoms with van der Waals surface area (Å²) in [6.07, 6.45) is 3.16. The average Bonchev–Trinajstić information content (AvgIpc) is 3.47. The molecule has 0 aliphatic rings. The molecule has 0 aliphatic heterocycles. The Morgan fingerprint density at radius 3 is 2.36 bits per heavy atom. The van der Waals surface area contributed by atoms with E-state index in [0.29, 0.717) is 39.4 Å². The van der Waals surface area contributed by atoms with Crippen LogP contribution >= 0.6 is 11.3 Å². The number of amides is 1. The minimum absolute atomic E-state index is 0.313. The molecule has 4 aromatic rings. The summed E-state index contributed by atoms with van der Waals surface area (Å²) in [5.41, 5.74) is 1.03. The number of carbonyl (C=O) groups is 1. The molecule has 0 aliphatic carbocycles. The molecule has 0 unspecified atom stereocenters. The molecule has 0 atom stereocenters. The normalized spacial score (nSPS) is 10.6. The van der Waals surface area contributed by atoms with Crippen molar-refractivity contribution in [2.45, 2.75) is 0 Å². The Morgan fingerprint density at radius 2 is 1.71 bits per heavy atom. The summed E-state index contributed by atoms with van der Waals surface area (Å²) in [7, 11) is 3.06. The fourth-order valence-corrected chi connectivity index (χ4v) is 3.61. The van der Waals surface area contributed by atoms with Crippen LogP contribution in [0, 0.1) is 0 Å². The van der Waals surface area contributed by atoms with Gasteiger partial charge >= 0.3 is 0 Å². The number of carbonyl (C=O) groups excluding carboxylic acids is 1. The molecule has 3 aromatic heterocycles. The summed E-state index contributed by atoms with van der Waals surface area (Å²) < 4.78 is 21.4. The first-order chi connectivity index (χ1) is 13.7. The monoisotopic (exact) mass is 396 g/mol. The first kappa shape index (κ1) is 17.9. The van der Waals surface area contributed by atoms with Crippen LogP contribution in [0.5, 0.6) is 11.5 Å². The number of aromatic nitrogens is 1. The number of furan rings is 2. The number of thiazole rings is 1. The smallest absolute Gasteiger partial charge is 0.257 e. The number of anilines is 1. The van der Waals surface area contributed by atoms with E-state index in [9.17, 15) is 4.79 Å². The molecule has 1 amide bonds. The Kier molecular flexibility index (Phi) is 4.86. The van der Waals surface area contributed by atoms with Gasteiger partial charge in [-0.25, -0.2) is 4.98 Å². The lowest BCUT2D eigenvalue weighted by molar-refractivity contribution is 0.102. The van der Waals surface area contributed by atoms with E-state index in [0.717, 1.165) is 4.88 Å². The van der Waals surface area contributed by atoms with Crippen molar-refractivity contribution in [1.82, 2.24) is 4.98 Å². The van der Waals surface area contributed by atoms with Crippen LogP contribution in [-0.2, 0) is 0 Å². The van der Waals surface area contributed by atoms with E-state index in [1.165, 1.54) is 18.4 Å². The molecule has 8 heteroatoms. The van der Waals surface area contributed by atoms with Crippen LogP contribution < -0.4 is 14.8 Å². The van der Waals surface area contributed by atoms with Gasteiger partial charge in [-0.3, -0.25) is 10.1 Å². The molecule has 0 bridgehead atoms. The zero-order valence-electron chi connectivity index (χ0n) is 15.1. The molecule has 0 radical (unpaired) electrons. The first-order valence-corrected chi connectivity index (χ1v) is 9.13. The fourth-order valence-electron chi connectivity index (χ4n) is 2.68. The Balaban J connectivity index is 1.65. The van der Waals surface area contributed by atoms with Crippen molar-refractivity contribution >= 4 is 22.4 Å². The van der Waals surface area contributed by atoms with Gasteiger partial charge in [-0.15, -0.1) is 0 Å². The van der Waals surface area contributed by atoms with Gasteiger partial charge in [0.15, 0.2) is 22.4 Å². The molecule has 142 valence electrons. The minimum atomic E-state index is -0.313. The maximum absolute atomic E-state index is 12.7. The van der Waals surface area contributed by atoms with Crippen LogP contribution in [-0.4, -0.2) is 25.1 Å². The first-order valence-electron chi connectivity index (χ1n) is 8.31. The molecule has 0 fully saturated rings. The number of nitrogens with one attached hydrogen (secondary N) is 1. The highest BCUT2D eigenvalue weighted by Gasteiger charge is 2.20. The van der Waals surface area contributed by atoms with Crippen LogP contribution in [0.2, 0.25) is 0 Å². The van der Waals surface area contributed by atoms with Gasteiger partial charge in [0.25, 0.3) is 5.91 Å². The van der Waals surface area contributed by atoms with Gasteiger partial charge in [0.1, 0.15) is 16.3 Å². The lowest BCUT2D eigenvalue weighted by Crippen LogP contribution is -2.11. The standard InChI is InChI=1S/C20H16N2O5S/c1-24-13-8-7-12(11-16(13)25-2)19(23)22-20-21-17(14-5-3-9-26-14)18(28-20)15-6-4-10-27-15/h3-11H,1-2H3,(H,21,22,23). The van der Waals surface area contributed by atoms with Gasteiger partial charge in [0.05, 0.1) is 26.7 Å². The van der Waals surface area contributed by atoms with E-state index >= 15 is 0 Å². The Hall–Kier alpha value is -3.52. The third-order valence-electron chi connectivity index (χ3n) is 3.99. The number of benzene rings is 1. The van der Waals surface area contributed by atoms with Gasteiger partial charge in [-0.2, -0.15) is 0 Å². The lowest BCUT2D eigenvalue weighted by Gasteiger charge is -2.09. The van der Waals surface area contributed by atoms with Crippen LogP contribution in [0.25, 0.3) is 22.1 Å². The van der Waals surface area contributed by atoms with E-state index in [2.05, 4.69) is 10.3 Å². The molecule has 3 heterocycles. The van der Waals surface area contributed by atoms with E-state index in [1.54, 1.807) is 56.0 Å². The van der Waals surface area contributed by atoms with Crippen molar-refractivity contribution in [3.8, 4) is 33.6 Å². The van der Waals surface area contributed by atoms with Gasteiger partial charge < -0.3 is 18.3 Å². The molecular weight excluding hydrogens is 380 g/mol. The summed E-state index contributed by atoms with van der Waals surface area (Å²) in [6, 6.07) is 12.2. The number of nitrogens with zero attached hydrogens (tertiary/aromatic N) is 1. The molecule has 0 saturated heterocycles. The summed E-state index contributed by atoms with van der Waals surface area (Å²) >= 11 is 1.30. The van der Waals surface area contributed by atoms with E-state index in [1.807, 2.05) is 6.07 Å². The van der Waals surface area contributed by atoms with E-state index in [-0.39, 0.29) is 5.91 Å². The predicted molar refractivity (Wildman–Crippen MR) is 105 cm³/mol. The maximum atomic E-state index is 12.7. The second-order valence-corrected chi connectivity index (χ2v) is 6.67. The van der Waals surface area contributed by atoms with Crippen molar-refractivity contribution in [3.05, 3.63) is 60.6 Å². The van der Waals surface area contributed by atoms with Gasteiger partial charge in [0.2, 0.25) is 0 Å². The second kappa shape index (κ2) is 7.61. The molecule has 0 saturated carbocycles. The van der Waals surface area contributed by atoms with Crippen molar-refractivity contribution in [2.24, 2.45) is 0 Å². The summed E-state index contributed by atoms with van der Waals surface area (Å²) in [4.78, 5) is 18.0. The third-order valence-corrected chi connectivity index (χ3v) is 4.98.